The van der Waals surface area contributed by atoms with Crippen molar-refractivity contribution in [3.8, 4) is 0 Å². The Bertz CT molecular complexity index is 976. The normalized spacial score (nSPS) is 15.2. The number of hydrogen-bond donors (Lipinski definition) is 0. The topological polar surface area (TPSA) is 24.7 Å². The van der Waals surface area contributed by atoms with Gasteiger partial charge in [0.2, 0.25) is 0 Å². The van der Waals surface area contributed by atoms with E-state index in [0.717, 1.165) is 35.1 Å². The van der Waals surface area contributed by atoms with Crippen molar-refractivity contribution in [2.75, 3.05) is 0 Å². The molecule has 192 valence electrons. The molecule has 7 heteroatoms. The minimum atomic E-state index is -3.11. The summed E-state index contributed by atoms with van der Waals surface area (Å²) >= 11 is -3.11. The number of aryl methyl sites for hydroxylation is 4. The molecule has 1 fully saturated rings. The third-order valence-corrected chi connectivity index (χ3v) is 6.57. The molecule has 0 aliphatic heterocycles. The molecule has 1 aliphatic carbocycles. The van der Waals surface area contributed by atoms with Crippen molar-refractivity contribution in [1.29, 1.82) is 0 Å². The molecule has 0 aromatic heterocycles. The Morgan fingerprint density at radius 3 is 1.66 bits per heavy atom. The van der Waals surface area contributed by atoms with E-state index in [9.17, 15) is 0 Å². The van der Waals surface area contributed by atoms with E-state index in [1.807, 2.05) is 0 Å². The van der Waals surface area contributed by atoms with Crippen molar-refractivity contribution >= 4 is 60.0 Å². The van der Waals surface area contributed by atoms with Gasteiger partial charge in [0, 0.05) is 0 Å². The Morgan fingerprint density at radius 1 is 0.771 bits per heavy atom. The predicted molar refractivity (Wildman–Crippen MR) is 156 cm³/mol. The van der Waals surface area contributed by atoms with Crippen LogP contribution in [0.25, 0.3) is 0 Å². The van der Waals surface area contributed by atoms with Crippen LogP contribution < -0.4 is 0 Å². The van der Waals surface area contributed by atoms with Crippen molar-refractivity contribution in [3.63, 3.8) is 0 Å². The van der Waals surface area contributed by atoms with E-state index in [-0.39, 0.29) is 0 Å². The van der Waals surface area contributed by atoms with Crippen LogP contribution in [0, 0.1) is 33.6 Å². The second-order valence-electron chi connectivity index (χ2n) is 9.56. The molecular formula is C28H38Cl4N2Ti. The van der Waals surface area contributed by atoms with Gasteiger partial charge in [0.05, 0.1) is 22.8 Å². The third-order valence-electron chi connectivity index (χ3n) is 6.57. The zero-order chi connectivity index (χ0) is 26.0. The van der Waals surface area contributed by atoms with Crippen LogP contribution in [0.5, 0.6) is 0 Å². The van der Waals surface area contributed by atoms with Gasteiger partial charge in [-0.25, -0.2) is 0 Å². The summed E-state index contributed by atoms with van der Waals surface area (Å²) in [5.41, 5.74) is 9.31. The molecule has 3 rings (SSSR count). The molecule has 1 aliphatic rings. The molecule has 0 atom stereocenters. The molecule has 0 unspecified atom stereocenters. The molecule has 2 aromatic rings. The molecule has 0 N–H and O–H groups in total. The summed E-state index contributed by atoms with van der Waals surface area (Å²) in [6.45, 7) is 10.7. The van der Waals surface area contributed by atoms with Crippen molar-refractivity contribution < 1.29 is 12.3 Å². The fraction of sp³-hybridized carbons (Fsp3) is 0.500. The summed E-state index contributed by atoms with van der Waals surface area (Å²) < 4.78 is 0. The standard InChI is InChI=1S/C28H38N2.4ClH.Ti/c1-20-12-10-13-21(2)27(20)29-24(5)26(19-9-8-18-25-16-6-7-17-25)30-28-22(3)14-11-15-23(28)4;;;;;/h10-15,25H,6-9,16-19H2,1-5H3;4*1H;/q;;;;;+4/p-4. The fourth-order valence-corrected chi connectivity index (χ4v) is 4.67. The van der Waals surface area contributed by atoms with Crippen LogP contribution >= 0.6 is 37.2 Å². The van der Waals surface area contributed by atoms with Crippen LogP contribution in [0.15, 0.2) is 46.4 Å². The fourth-order valence-electron chi connectivity index (χ4n) is 4.67. The maximum atomic E-state index is 5.17. The van der Waals surface area contributed by atoms with E-state index in [0.29, 0.717) is 0 Å². The van der Waals surface area contributed by atoms with Gasteiger partial charge in [0.15, 0.2) is 0 Å². The van der Waals surface area contributed by atoms with E-state index in [1.54, 1.807) is 0 Å². The second-order valence-corrected chi connectivity index (χ2v) is 25.0. The van der Waals surface area contributed by atoms with Crippen molar-refractivity contribution in [2.24, 2.45) is 15.9 Å². The zero-order valence-electron chi connectivity index (χ0n) is 21.6. The van der Waals surface area contributed by atoms with Gasteiger partial charge in [-0.3, -0.25) is 9.98 Å². The van der Waals surface area contributed by atoms with Gasteiger partial charge in [-0.15, -0.1) is 0 Å². The molecule has 2 aromatic carbocycles. The number of halogens is 4. The van der Waals surface area contributed by atoms with E-state index in [4.69, 9.17) is 47.2 Å². The molecule has 35 heavy (non-hydrogen) atoms. The number of para-hydroxylation sites is 2. The number of rotatable bonds is 8. The average Bonchev–Trinajstić information content (AvgIpc) is 3.27. The predicted octanol–water partition coefficient (Wildman–Crippen LogP) is 11.3. The molecule has 0 amide bonds. The molecule has 0 saturated heterocycles. The van der Waals surface area contributed by atoms with Gasteiger partial charge in [0.25, 0.3) is 0 Å². The minimum absolute atomic E-state index is 0.966. The molecule has 0 bridgehead atoms. The number of hydrogen-bond acceptors (Lipinski definition) is 2. The summed E-state index contributed by atoms with van der Waals surface area (Å²) in [6.07, 6.45) is 10.6. The molecular weight excluding hydrogens is 554 g/mol. The quantitative estimate of drug-likeness (QED) is 0.166. The van der Waals surface area contributed by atoms with Gasteiger partial charge in [-0.05, 0) is 75.6 Å². The van der Waals surface area contributed by atoms with Crippen LogP contribution in [0.1, 0.15) is 80.5 Å². The van der Waals surface area contributed by atoms with Gasteiger partial charge in [-0.2, -0.15) is 0 Å². The van der Waals surface area contributed by atoms with Crippen LogP contribution in [0.4, 0.5) is 11.4 Å². The summed E-state index contributed by atoms with van der Waals surface area (Å²) in [7, 11) is 20.1. The summed E-state index contributed by atoms with van der Waals surface area (Å²) in [6, 6.07) is 12.8. The first kappa shape index (κ1) is 30.9. The van der Waals surface area contributed by atoms with E-state index >= 15 is 0 Å². The molecule has 0 heterocycles. The summed E-state index contributed by atoms with van der Waals surface area (Å²) in [4.78, 5) is 10.2. The monoisotopic (exact) mass is 590 g/mol. The first-order valence-corrected chi connectivity index (χ1v) is 21.1. The van der Waals surface area contributed by atoms with Crippen LogP contribution in [-0.2, 0) is 12.3 Å². The molecule has 2 nitrogen and oxygen atoms in total. The maximum absolute atomic E-state index is 5.17. The summed E-state index contributed by atoms with van der Waals surface area (Å²) in [5, 5.41) is 0. The number of benzene rings is 2. The van der Waals surface area contributed by atoms with Gasteiger partial charge in [0.1, 0.15) is 0 Å². The molecule has 1 saturated carbocycles. The Labute approximate surface area is 231 Å². The number of nitrogens with zero attached hydrogens (tertiary/aromatic N) is 2. The van der Waals surface area contributed by atoms with Gasteiger partial charge < -0.3 is 0 Å². The average molecular weight is 592 g/mol. The third kappa shape index (κ3) is 11.7. The molecule has 0 radical (unpaired) electrons. The summed E-state index contributed by atoms with van der Waals surface area (Å²) in [5.74, 6) is 0.966. The Kier molecular flexibility index (Phi) is 13.4. The Balaban J connectivity index is 0.000000784. The van der Waals surface area contributed by atoms with Crippen molar-refractivity contribution in [1.82, 2.24) is 0 Å². The number of aliphatic imine (C=N–C) groups is 2. The van der Waals surface area contributed by atoms with Crippen LogP contribution in [0.2, 0.25) is 0 Å². The Morgan fingerprint density at radius 2 is 1.20 bits per heavy atom. The number of unbranched alkanes of at least 4 members (excludes halogenated alkanes) is 1. The van der Waals surface area contributed by atoms with Gasteiger partial charge >= 0.3 is 49.6 Å². The SMILES string of the molecule is CC(=Nc1c(C)cccc1C)C(CCCCC1CCCC1)=Nc1c(C)cccc1C.[Cl][Ti]([Cl])([Cl])[Cl]. The zero-order valence-corrected chi connectivity index (χ0v) is 26.2. The van der Waals surface area contributed by atoms with E-state index in [2.05, 4.69) is 71.0 Å². The second kappa shape index (κ2) is 15.2. The van der Waals surface area contributed by atoms with E-state index in [1.165, 1.54) is 67.2 Å². The van der Waals surface area contributed by atoms with Crippen molar-refractivity contribution in [3.05, 3.63) is 58.7 Å². The van der Waals surface area contributed by atoms with Crippen LogP contribution in [-0.4, -0.2) is 11.4 Å². The van der Waals surface area contributed by atoms with E-state index < -0.39 is 12.3 Å². The molecule has 0 spiro atoms. The first-order chi connectivity index (χ1) is 16.5. The van der Waals surface area contributed by atoms with Crippen LogP contribution in [0.3, 0.4) is 0 Å². The Hall–Kier alpha value is -0.346. The van der Waals surface area contributed by atoms with Crippen molar-refractivity contribution in [2.45, 2.75) is 86.0 Å². The first-order valence-electron chi connectivity index (χ1n) is 12.5. The van der Waals surface area contributed by atoms with Gasteiger partial charge in [-0.1, -0.05) is 74.9 Å².